The van der Waals surface area contributed by atoms with E-state index in [0.29, 0.717) is 11.7 Å². The number of aromatic nitrogens is 3. The maximum atomic E-state index is 13.2. The van der Waals surface area contributed by atoms with Crippen molar-refractivity contribution in [3.05, 3.63) is 84.3 Å². The lowest BCUT2D eigenvalue weighted by Gasteiger charge is -2.26. The van der Waals surface area contributed by atoms with Gasteiger partial charge in [-0.3, -0.25) is 9.36 Å². The number of anilines is 1. The molecule has 0 radical (unpaired) electrons. The fourth-order valence-corrected chi connectivity index (χ4v) is 4.43. The van der Waals surface area contributed by atoms with Crippen molar-refractivity contribution in [3.63, 3.8) is 0 Å². The molecule has 0 aliphatic rings. The highest BCUT2D eigenvalue weighted by Gasteiger charge is 2.22. The minimum atomic E-state index is 0.0338. The Hall–Kier alpha value is -3.32. The fraction of sp³-hybridized carbons (Fsp3) is 0.240. The summed E-state index contributed by atoms with van der Waals surface area (Å²) in [4.78, 5) is 15.0. The number of para-hydroxylation sites is 1. The summed E-state index contributed by atoms with van der Waals surface area (Å²) in [6.07, 6.45) is 1.66. The summed E-state index contributed by atoms with van der Waals surface area (Å²) in [5.41, 5.74) is 2.93. The van der Waals surface area contributed by atoms with Gasteiger partial charge in [0, 0.05) is 11.7 Å². The normalized spacial score (nSPS) is 11.1. The van der Waals surface area contributed by atoms with Crippen molar-refractivity contribution in [2.24, 2.45) is 0 Å². The molecular formula is C25H26N4O2S. The topological polar surface area (TPSA) is 64.2 Å². The molecule has 0 saturated heterocycles. The van der Waals surface area contributed by atoms with Crippen LogP contribution in [0, 0.1) is 6.92 Å². The van der Waals surface area contributed by atoms with Crippen LogP contribution in [0.3, 0.4) is 0 Å². The number of nitrogens with zero attached hydrogens (tertiary/aromatic N) is 4. The fourth-order valence-electron chi connectivity index (χ4n) is 3.63. The Kier molecular flexibility index (Phi) is 6.75. The molecule has 0 fully saturated rings. The van der Waals surface area contributed by atoms with E-state index in [4.69, 9.17) is 4.42 Å². The monoisotopic (exact) mass is 446 g/mol. The molecule has 1 amide bonds. The van der Waals surface area contributed by atoms with Crippen LogP contribution in [-0.2, 0) is 11.3 Å². The van der Waals surface area contributed by atoms with Gasteiger partial charge in [-0.2, -0.15) is 0 Å². The highest BCUT2D eigenvalue weighted by atomic mass is 32.2. The number of hydrogen-bond donors (Lipinski definition) is 0. The van der Waals surface area contributed by atoms with E-state index in [1.54, 1.807) is 6.26 Å². The second-order valence-corrected chi connectivity index (χ2v) is 8.69. The molecule has 4 aromatic rings. The van der Waals surface area contributed by atoms with E-state index in [-0.39, 0.29) is 17.7 Å². The number of aryl methyl sites for hydroxylation is 1. The van der Waals surface area contributed by atoms with Crippen molar-refractivity contribution in [1.29, 1.82) is 0 Å². The molecule has 0 aliphatic carbocycles. The third-order valence-electron chi connectivity index (χ3n) is 5.14. The van der Waals surface area contributed by atoms with Crippen molar-refractivity contribution >= 4 is 23.4 Å². The molecule has 2 aromatic heterocycles. The SMILES string of the molecule is Cc1occc1-c1nnc(SCC(=O)N(c2ccccc2)C(C)C)n1Cc1ccccc1. The molecule has 0 aliphatic heterocycles. The van der Waals surface area contributed by atoms with Crippen LogP contribution in [0.5, 0.6) is 0 Å². The molecule has 0 bridgehead atoms. The van der Waals surface area contributed by atoms with E-state index in [1.165, 1.54) is 11.8 Å². The number of furan rings is 1. The summed E-state index contributed by atoms with van der Waals surface area (Å²) >= 11 is 1.41. The second kappa shape index (κ2) is 9.87. The summed E-state index contributed by atoms with van der Waals surface area (Å²) in [5.74, 6) is 1.82. The Bertz CT molecular complexity index is 1170. The highest BCUT2D eigenvalue weighted by molar-refractivity contribution is 7.99. The molecule has 4 rings (SSSR count). The lowest BCUT2D eigenvalue weighted by molar-refractivity contribution is -0.116. The zero-order valence-corrected chi connectivity index (χ0v) is 19.2. The zero-order valence-electron chi connectivity index (χ0n) is 18.4. The molecule has 0 unspecified atom stereocenters. The number of carbonyl (C=O) groups is 1. The van der Waals surface area contributed by atoms with Crippen molar-refractivity contribution < 1.29 is 9.21 Å². The average Bonchev–Trinajstić information content (AvgIpc) is 3.39. The van der Waals surface area contributed by atoms with Gasteiger partial charge in [0.25, 0.3) is 0 Å². The Balaban J connectivity index is 1.60. The zero-order chi connectivity index (χ0) is 22.5. The first-order valence-corrected chi connectivity index (χ1v) is 11.5. The third kappa shape index (κ3) is 4.78. The van der Waals surface area contributed by atoms with Crippen molar-refractivity contribution in [3.8, 4) is 11.4 Å². The first-order chi connectivity index (χ1) is 15.5. The van der Waals surface area contributed by atoms with Gasteiger partial charge in [0.15, 0.2) is 11.0 Å². The quantitative estimate of drug-likeness (QED) is 0.338. The van der Waals surface area contributed by atoms with Crippen LogP contribution in [-0.4, -0.2) is 32.5 Å². The molecule has 7 heteroatoms. The Morgan fingerprint density at radius 1 is 1.03 bits per heavy atom. The number of thioether (sulfide) groups is 1. The predicted molar refractivity (Wildman–Crippen MR) is 128 cm³/mol. The van der Waals surface area contributed by atoms with Gasteiger partial charge >= 0.3 is 0 Å². The van der Waals surface area contributed by atoms with Crippen molar-refractivity contribution in [2.45, 2.75) is 38.5 Å². The average molecular weight is 447 g/mol. The third-order valence-corrected chi connectivity index (χ3v) is 6.10. The van der Waals surface area contributed by atoms with Gasteiger partial charge < -0.3 is 9.32 Å². The Morgan fingerprint density at radius 3 is 2.34 bits per heavy atom. The van der Waals surface area contributed by atoms with Crippen LogP contribution in [0.4, 0.5) is 5.69 Å². The van der Waals surface area contributed by atoms with Crippen molar-refractivity contribution in [1.82, 2.24) is 14.8 Å². The Labute approximate surface area is 192 Å². The summed E-state index contributed by atoms with van der Waals surface area (Å²) in [6.45, 7) is 6.56. The molecular weight excluding hydrogens is 420 g/mol. The van der Waals surface area contributed by atoms with Gasteiger partial charge in [-0.05, 0) is 44.5 Å². The number of benzene rings is 2. The standard InChI is InChI=1S/C25H26N4O2S/c1-18(2)29(21-12-8-5-9-13-21)23(30)17-32-25-27-26-24(22-14-15-31-19(22)3)28(25)16-20-10-6-4-7-11-20/h4-15,18H,16-17H2,1-3H3. The maximum absolute atomic E-state index is 13.2. The number of rotatable bonds is 8. The molecule has 0 saturated carbocycles. The molecule has 164 valence electrons. The first kappa shape index (κ1) is 21.9. The number of carbonyl (C=O) groups excluding carboxylic acids is 1. The molecule has 0 atom stereocenters. The molecule has 0 N–H and O–H groups in total. The van der Waals surface area contributed by atoms with Gasteiger partial charge in [0.1, 0.15) is 5.76 Å². The molecule has 2 heterocycles. The van der Waals surface area contributed by atoms with Gasteiger partial charge in [-0.25, -0.2) is 0 Å². The summed E-state index contributed by atoms with van der Waals surface area (Å²) < 4.78 is 7.54. The largest absolute Gasteiger partial charge is 0.469 e. The lowest BCUT2D eigenvalue weighted by Crippen LogP contribution is -2.38. The highest BCUT2D eigenvalue weighted by Crippen LogP contribution is 2.28. The number of hydrogen-bond acceptors (Lipinski definition) is 5. The van der Waals surface area contributed by atoms with E-state index in [1.807, 2.05) is 84.8 Å². The molecule has 2 aromatic carbocycles. The van der Waals surface area contributed by atoms with Crippen LogP contribution in [0.15, 0.2) is 82.6 Å². The van der Waals surface area contributed by atoms with Crippen LogP contribution in [0.25, 0.3) is 11.4 Å². The molecule has 6 nitrogen and oxygen atoms in total. The van der Waals surface area contributed by atoms with Crippen LogP contribution < -0.4 is 4.90 Å². The predicted octanol–water partition coefficient (Wildman–Crippen LogP) is 5.43. The Morgan fingerprint density at radius 2 is 1.72 bits per heavy atom. The van der Waals surface area contributed by atoms with Gasteiger partial charge in [-0.15, -0.1) is 10.2 Å². The van der Waals surface area contributed by atoms with Gasteiger partial charge in [0.05, 0.1) is 24.1 Å². The molecule has 32 heavy (non-hydrogen) atoms. The van der Waals surface area contributed by atoms with Crippen LogP contribution in [0.1, 0.15) is 25.2 Å². The maximum Gasteiger partial charge on any atom is 0.237 e. The first-order valence-electron chi connectivity index (χ1n) is 10.6. The van der Waals surface area contributed by atoms with Gasteiger partial charge in [-0.1, -0.05) is 60.3 Å². The minimum Gasteiger partial charge on any atom is -0.469 e. The summed E-state index contributed by atoms with van der Waals surface area (Å²) in [5, 5.41) is 9.56. The lowest BCUT2D eigenvalue weighted by atomic mass is 10.2. The smallest absolute Gasteiger partial charge is 0.237 e. The second-order valence-electron chi connectivity index (χ2n) is 7.75. The van der Waals surface area contributed by atoms with Crippen molar-refractivity contribution in [2.75, 3.05) is 10.7 Å². The van der Waals surface area contributed by atoms with E-state index >= 15 is 0 Å². The summed E-state index contributed by atoms with van der Waals surface area (Å²) in [7, 11) is 0. The number of amides is 1. The van der Waals surface area contributed by atoms with Crippen LogP contribution >= 0.6 is 11.8 Å². The summed E-state index contributed by atoms with van der Waals surface area (Å²) in [6, 6.07) is 21.9. The van der Waals surface area contributed by atoms with E-state index < -0.39 is 0 Å². The molecule has 0 spiro atoms. The van der Waals surface area contributed by atoms with E-state index in [2.05, 4.69) is 22.3 Å². The minimum absolute atomic E-state index is 0.0338. The van der Waals surface area contributed by atoms with Gasteiger partial charge in [0.2, 0.25) is 5.91 Å². The van der Waals surface area contributed by atoms with E-state index in [0.717, 1.165) is 28.4 Å². The van der Waals surface area contributed by atoms with E-state index in [9.17, 15) is 4.79 Å². The van der Waals surface area contributed by atoms with Crippen LogP contribution in [0.2, 0.25) is 0 Å².